The molecule has 2 unspecified atom stereocenters. The molecule has 0 aromatic heterocycles. The molecule has 0 aromatic carbocycles. The van der Waals surface area contributed by atoms with Crippen molar-refractivity contribution in [2.45, 2.75) is 45.7 Å². The minimum absolute atomic E-state index is 0.0637. The van der Waals surface area contributed by atoms with E-state index in [-0.39, 0.29) is 11.9 Å². The minimum atomic E-state index is 0.0637. The van der Waals surface area contributed by atoms with Crippen molar-refractivity contribution in [2.24, 2.45) is 5.92 Å². The summed E-state index contributed by atoms with van der Waals surface area (Å²) < 4.78 is 0. The number of nitrogens with zero attached hydrogens (tertiary/aromatic N) is 1. The molecule has 1 fully saturated rings. The third-order valence-corrected chi connectivity index (χ3v) is 2.74. The van der Waals surface area contributed by atoms with Gasteiger partial charge < -0.3 is 10.2 Å². The SMILES string of the molecule is CC(C)CC(C)NC1CCN(C)C1=O. The Hall–Kier alpha value is -0.570. The van der Waals surface area contributed by atoms with Crippen molar-refractivity contribution in [3.63, 3.8) is 0 Å². The summed E-state index contributed by atoms with van der Waals surface area (Å²) in [7, 11) is 1.87. The van der Waals surface area contributed by atoms with E-state index in [1.165, 1.54) is 0 Å². The predicted molar refractivity (Wildman–Crippen MR) is 58.1 cm³/mol. The minimum Gasteiger partial charge on any atom is -0.344 e. The largest absolute Gasteiger partial charge is 0.344 e. The maximum absolute atomic E-state index is 11.6. The molecule has 0 spiro atoms. The Morgan fingerprint density at radius 3 is 2.57 bits per heavy atom. The van der Waals surface area contributed by atoms with E-state index in [9.17, 15) is 4.79 Å². The summed E-state index contributed by atoms with van der Waals surface area (Å²) in [6.07, 6.45) is 2.09. The lowest BCUT2D eigenvalue weighted by Crippen LogP contribution is -2.42. The molecule has 14 heavy (non-hydrogen) atoms. The van der Waals surface area contributed by atoms with Crippen molar-refractivity contribution in [3.05, 3.63) is 0 Å². The van der Waals surface area contributed by atoms with E-state index in [0.717, 1.165) is 19.4 Å². The topological polar surface area (TPSA) is 32.3 Å². The highest BCUT2D eigenvalue weighted by atomic mass is 16.2. The molecular formula is C11H22N2O. The second-order valence-electron chi connectivity index (χ2n) is 4.80. The quantitative estimate of drug-likeness (QED) is 0.737. The van der Waals surface area contributed by atoms with Gasteiger partial charge in [-0.2, -0.15) is 0 Å². The predicted octanol–water partition coefficient (Wildman–Crippen LogP) is 1.24. The van der Waals surface area contributed by atoms with Crippen molar-refractivity contribution in [2.75, 3.05) is 13.6 Å². The number of hydrogen-bond acceptors (Lipinski definition) is 2. The molecule has 1 saturated heterocycles. The van der Waals surface area contributed by atoms with E-state index in [0.29, 0.717) is 12.0 Å². The number of likely N-dealkylation sites (N-methyl/N-ethyl adjacent to an activating group) is 1. The first-order valence-electron chi connectivity index (χ1n) is 5.51. The smallest absolute Gasteiger partial charge is 0.239 e. The van der Waals surface area contributed by atoms with E-state index in [4.69, 9.17) is 0 Å². The zero-order valence-corrected chi connectivity index (χ0v) is 9.71. The number of rotatable bonds is 4. The fraction of sp³-hybridized carbons (Fsp3) is 0.909. The molecule has 3 nitrogen and oxygen atoms in total. The van der Waals surface area contributed by atoms with Crippen LogP contribution in [-0.4, -0.2) is 36.5 Å². The average molecular weight is 198 g/mol. The van der Waals surface area contributed by atoms with Crippen LogP contribution >= 0.6 is 0 Å². The lowest BCUT2D eigenvalue weighted by atomic mass is 10.0. The summed E-state index contributed by atoms with van der Waals surface area (Å²) in [4.78, 5) is 13.4. The van der Waals surface area contributed by atoms with Gasteiger partial charge in [-0.25, -0.2) is 0 Å². The van der Waals surface area contributed by atoms with Crippen LogP contribution < -0.4 is 5.32 Å². The molecule has 0 saturated carbocycles. The van der Waals surface area contributed by atoms with Gasteiger partial charge in [-0.3, -0.25) is 4.79 Å². The van der Waals surface area contributed by atoms with E-state index in [1.54, 1.807) is 4.90 Å². The fourth-order valence-electron chi connectivity index (χ4n) is 2.10. The summed E-state index contributed by atoms with van der Waals surface area (Å²) in [5.74, 6) is 0.937. The van der Waals surface area contributed by atoms with Crippen LogP contribution in [0.25, 0.3) is 0 Å². The van der Waals surface area contributed by atoms with Gasteiger partial charge in [0.2, 0.25) is 5.91 Å². The maximum atomic E-state index is 11.6. The van der Waals surface area contributed by atoms with Crippen molar-refractivity contribution < 1.29 is 4.79 Å². The van der Waals surface area contributed by atoms with Crippen LogP contribution in [0.5, 0.6) is 0 Å². The Morgan fingerprint density at radius 2 is 2.14 bits per heavy atom. The Labute approximate surface area is 86.9 Å². The van der Waals surface area contributed by atoms with Crippen molar-refractivity contribution in [1.29, 1.82) is 0 Å². The zero-order valence-electron chi connectivity index (χ0n) is 9.71. The van der Waals surface area contributed by atoms with E-state index < -0.39 is 0 Å². The molecule has 1 aliphatic heterocycles. The van der Waals surface area contributed by atoms with E-state index in [1.807, 2.05) is 7.05 Å². The number of hydrogen-bond donors (Lipinski definition) is 1. The van der Waals surface area contributed by atoms with Crippen LogP contribution in [0.3, 0.4) is 0 Å². The summed E-state index contributed by atoms with van der Waals surface area (Å²) in [5, 5.41) is 3.40. The van der Waals surface area contributed by atoms with Crippen LogP contribution in [-0.2, 0) is 4.79 Å². The molecule has 82 valence electrons. The number of amides is 1. The lowest BCUT2D eigenvalue weighted by Gasteiger charge is -2.19. The Bertz CT molecular complexity index is 203. The fourth-order valence-corrected chi connectivity index (χ4v) is 2.10. The van der Waals surface area contributed by atoms with Gasteiger partial charge in [-0.05, 0) is 25.7 Å². The highest BCUT2D eigenvalue weighted by Gasteiger charge is 2.29. The normalized spacial score (nSPS) is 24.8. The molecule has 0 aliphatic carbocycles. The summed E-state index contributed by atoms with van der Waals surface area (Å²) in [6.45, 7) is 7.47. The standard InChI is InChI=1S/C11H22N2O/c1-8(2)7-9(3)12-10-5-6-13(4)11(10)14/h8-10,12H,5-7H2,1-4H3. The first kappa shape index (κ1) is 11.5. The average Bonchev–Trinajstić information content (AvgIpc) is 2.34. The van der Waals surface area contributed by atoms with Gasteiger partial charge in [0.15, 0.2) is 0 Å². The highest BCUT2D eigenvalue weighted by Crippen LogP contribution is 2.11. The van der Waals surface area contributed by atoms with Gasteiger partial charge in [0, 0.05) is 19.6 Å². The van der Waals surface area contributed by atoms with Crippen LogP contribution in [0.15, 0.2) is 0 Å². The summed E-state index contributed by atoms with van der Waals surface area (Å²) in [6, 6.07) is 0.504. The zero-order chi connectivity index (χ0) is 10.7. The van der Waals surface area contributed by atoms with Gasteiger partial charge >= 0.3 is 0 Å². The van der Waals surface area contributed by atoms with Gasteiger partial charge in [0.05, 0.1) is 6.04 Å². The summed E-state index contributed by atoms with van der Waals surface area (Å²) in [5.41, 5.74) is 0. The number of carbonyl (C=O) groups excluding carboxylic acids is 1. The monoisotopic (exact) mass is 198 g/mol. The van der Waals surface area contributed by atoms with Crippen molar-refractivity contribution in [3.8, 4) is 0 Å². The molecule has 0 aromatic rings. The van der Waals surface area contributed by atoms with Gasteiger partial charge in [-0.15, -0.1) is 0 Å². The molecular weight excluding hydrogens is 176 g/mol. The van der Waals surface area contributed by atoms with Gasteiger partial charge in [0.1, 0.15) is 0 Å². The summed E-state index contributed by atoms with van der Waals surface area (Å²) >= 11 is 0. The van der Waals surface area contributed by atoms with Crippen LogP contribution in [0.4, 0.5) is 0 Å². The third kappa shape index (κ3) is 2.98. The van der Waals surface area contributed by atoms with E-state index >= 15 is 0 Å². The first-order valence-corrected chi connectivity index (χ1v) is 5.51. The molecule has 3 heteroatoms. The Kier molecular flexibility index (Phi) is 3.93. The molecule has 1 heterocycles. The van der Waals surface area contributed by atoms with Gasteiger partial charge in [-0.1, -0.05) is 13.8 Å². The van der Waals surface area contributed by atoms with Crippen LogP contribution in [0.2, 0.25) is 0 Å². The molecule has 0 radical (unpaired) electrons. The molecule has 1 N–H and O–H groups in total. The molecule has 1 rings (SSSR count). The highest BCUT2D eigenvalue weighted by molar-refractivity contribution is 5.83. The molecule has 1 aliphatic rings. The first-order chi connectivity index (χ1) is 6.50. The number of carbonyl (C=O) groups is 1. The Balaban J connectivity index is 2.34. The second-order valence-corrected chi connectivity index (χ2v) is 4.80. The van der Waals surface area contributed by atoms with E-state index in [2.05, 4.69) is 26.1 Å². The molecule has 1 amide bonds. The molecule has 0 bridgehead atoms. The maximum Gasteiger partial charge on any atom is 0.239 e. The third-order valence-electron chi connectivity index (χ3n) is 2.74. The van der Waals surface area contributed by atoms with Gasteiger partial charge in [0.25, 0.3) is 0 Å². The Morgan fingerprint density at radius 1 is 1.50 bits per heavy atom. The van der Waals surface area contributed by atoms with Crippen molar-refractivity contribution >= 4 is 5.91 Å². The van der Waals surface area contributed by atoms with Crippen LogP contribution in [0.1, 0.15) is 33.6 Å². The van der Waals surface area contributed by atoms with Crippen molar-refractivity contribution in [1.82, 2.24) is 10.2 Å². The number of nitrogens with one attached hydrogen (secondary N) is 1. The van der Waals surface area contributed by atoms with Crippen LogP contribution in [0, 0.1) is 5.92 Å². The lowest BCUT2D eigenvalue weighted by molar-refractivity contribution is -0.128. The molecule has 2 atom stereocenters. The second kappa shape index (κ2) is 4.78. The number of likely N-dealkylation sites (tertiary alicyclic amines) is 1.